The van der Waals surface area contributed by atoms with E-state index < -0.39 is 21.7 Å². The monoisotopic (exact) mass is 1320 g/mol. The van der Waals surface area contributed by atoms with Gasteiger partial charge in [-0.25, -0.2) is 0 Å². The molecule has 3 aliphatic carbocycles. The second kappa shape index (κ2) is 49.5. The molecule has 0 aromatic heterocycles. The molecule has 92 heavy (non-hydrogen) atoms. The number of carbonyl (C=O) groups is 5. The molecule has 0 aliphatic heterocycles. The fourth-order valence-corrected chi connectivity index (χ4v) is 9.75. The molecule has 0 spiro atoms. The standard InChI is InChI=1S/C22H40O4.C21H38O6.C16H32O4.C15H30O4/c1-4-22(2,3)21(23)25-17-11-16-24-20(18-12-7-5-8-13-18)26-19-14-9-6-10-15-19;1-7-21(5,6)20(23)25-13-12-24-19(22)18-11-9-8-10-17(18)14-26-16(4)27-15(2)3;1-8-16(6,7)15(17)19-11-9-10-18-14(12(2)3)20-13(4)5;1-7-15(5,6)14(16)19-11-9-10-18-13(12(3)4)17-8-2/h18-20H,4-17H2,1-3H3;15-18H,7-14H2,1-6H3;12-14H,8-11H2,1-7H3;12-13H,7-11H2,1-6H3. The maximum atomic E-state index is 12.5. The van der Waals surface area contributed by atoms with Crippen LogP contribution in [-0.2, 0) is 85.6 Å². The van der Waals surface area contributed by atoms with Gasteiger partial charge in [-0.05, 0) is 167 Å². The first-order valence-electron chi connectivity index (χ1n) is 36.1. The van der Waals surface area contributed by atoms with Crippen molar-refractivity contribution < 1.29 is 85.6 Å². The minimum Gasteiger partial charge on any atom is -0.465 e. The summed E-state index contributed by atoms with van der Waals surface area (Å²) in [5.41, 5.74) is -1.70. The predicted octanol–water partition coefficient (Wildman–Crippen LogP) is 16.9. The van der Waals surface area contributed by atoms with Crippen LogP contribution in [0, 0.1) is 51.2 Å². The molecule has 6 atom stereocenters. The zero-order valence-electron chi connectivity index (χ0n) is 62.7. The van der Waals surface area contributed by atoms with Crippen molar-refractivity contribution in [2.24, 2.45) is 51.2 Å². The van der Waals surface area contributed by atoms with Crippen molar-refractivity contribution >= 4 is 29.8 Å². The molecule has 0 aromatic rings. The molecule has 3 saturated carbocycles. The second-order valence-electron chi connectivity index (χ2n) is 29.1. The quantitative estimate of drug-likeness (QED) is 0.0241. The highest BCUT2D eigenvalue weighted by Crippen LogP contribution is 2.34. The number of ether oxygens (including phenoxy) is 13. The van der Waals surface area contributed by atoms with Gasteiger partial charge in [-0.3, -0.25) is 24.0 Å². The van der Waals surface area contributed by atoms with Gasteiger partial charge in [0, 0.05) is 43.6 Å². The molecule has 18 nitrogen and oxygen atoms in total. The molecule has 0 saturated heterocycles. The third kappa shape index (κ3) is 39.9. The summed E-state index contributed by atoms with van der Waals surface area (Å²) in [6, 6.07) is 0. The summed E-state index contributed by atoms with van der Waals surface area (Å²) in [4.78, 5) is 59.9. The molecular weight excluding hydrogens is 1180 g/mol. The Balaban J connectivity index is 0.00000121. The van der Waals surface area contributed by atoms with Crippen LogP contribution >= 0.6 is 0 Å². The third-order valence-corrected chi connectivity index (χ3v) is 17.7. The van der Waals surface area contributed by atoms with Gasteiger partial charge in [0.05, 0.1) is 92.1 Å². The Labute approximate surface area is 561 Å². The van der Waals surface area contributed by atoms with Gasteiger partial charge < -0.3 is 61.6 Å². The molecule has 6 unspecified atom stereocenters. The lowest BCUT2D eigenvalue weighted by Crippen LogP contribution is -2.34. The first-order chi connectivity index (χ1) is 43.2. The summed E-state index contributed by atoms with van der Waals surface area (Å²) in [6.07, 6.45) is 21.6. The van der Waals surface area contributed by atoms with Crippen molar-refractivity contribution in [2.45, 2.75) is 331 Å². The second-order valence-corrected chi connectivity index (χ2v) is 29.1. The summed E-state index contributed by atoms with van der Waals surface area (Å²) < 4.78 is 72.9. The fraction of sp³-hybridized carbons (Fsp3) is 0.932. The van der Waals surface area contributed by atoms with Crippen molar-refractivity contribution in [1.82, 2.24) is 0 Å². The lowest BCUT2D eigenvalue weighted by Gasteiger charge is -2.34. The van der Waals surface area contributed by atoms with Gasteiger partial charge in [0.2, 0.25) is 0 Å². The average molecular weight is 1320 g/mol. The first kappa shape index (κ1) is 89.0. The molecular formula is C74H140O18. The molecule has 3 rings (SSSR count). The topological polar surface area (TPSA) is 205 Å². The number of esters is 5. The maximum absolute atomic E-state index is 12.5. The van der Waals surface area contributed by atoms with E-state index in [0.717, 1.165) is 51.4 Å². The van der Waals surface area contributed by atoms with E-state index in [4.69, 9.17) is 61.6 Å². The Morgan fingerprint density at radius 2 is 0.772 bits per heavy atom. The zero-order chi connectivity index (χ0) is 69.9. The van der Waals surface area contributed by atoms with Crippen LogP contribution in [0.4, 0.5) is 0 Å². The fourth-order valence-electron chi connectivity index (χ4n) is 9.75. The van der Waals surface area contributed by atoms with Gasteiger partial charge in [0.25, 0.3) is 0 Å². The molecule has 0 N–H and O–H groups in total. The van der Waals surface area contributed by atoms with Crippen molar-refractivity contribution in [3.05, 3.63) is 0 Å². The first-order valence-corrected chi connectivity index (χ1v) is 36.1. The smallest absolute Gasteiger partial charge is 0.311 e. The van der Waals surface area contributed by atoms with Crippen molar-refractivity contribution in [1.29, 1.82) is 0 Å². The maximum Gasteiger partial charge on any atom is 0.311 e. The van der Waals surface area contributed by atoms with Crippen LogP contribution in [0.15, 0.2) is 0 Å². The highest BCUT2D eigenvalue weighted by Gasteiger charge is 2.35. The zero-order valence-corrected chi connectivity index (χ0v) is 62.7. The normalized spacial score (nSPS) is 18.3. The van der Waals surface area contributed by atoms with Crippen LogP contribution in [0.1, 0.15) is 287 Å². The Morgan fingerprint density at radius 3 is 1.18 bits per heavy atom. The molecule has 544 valence electrons. The van der Waals surface area contributed by atoms with E-state index in [1.165, 1.54) is 64.2 Å². The van der Waals surface area contributed by atoms with E-state index in [1.807, 2.05) is 125 Å². The summed E-state index contributed by atoms with van der Waals surface area (Å²) >= 11 is 0. The number of hydrogen-bond acceptors (Lipinski definition) is 18. The van der Waals surface area contributed by atoms with Crippen molar-refractivity contribution in [3.63, 3.8) is 0 Å². The number of hydrogen-bond donors (Lipinski definition) is 0. The number of carbonyl (C=O) groups excluding carboxylic acids is 5. The van der Waals surface area contributed by atoms with E-state index in [9.17, 15) is 24.0 Å². The van der Waals surface area contributed by atoms with Gasteiger partial charge in [-0.2, -0.15) is 0 Å². The van der Waals surface area contributed by atoms with E-state index in [2.05, 4.69) is 27.7 Å². The molecule has 0 aromatic carbocycles. The van der Waals surface area contributed by atoms with E-state index in [-0.39, 0.29) is 92.3 Å². The largest absolute Gasteiger partial charge is 0.465 e. The summed E-state index contributed by atoms with van der Waals surface area (Å²) in [5.74, 6) is 0.281. The van der Waals surface area contributed by atoms with Gasteiger partial charge in [-0.1, -0.05) is 107 Å². The summed E-state index contributed by atoms with van der Waals surface area (Å²) in [5, 5.41) is 0. The Kier molecular flexibility index (Phi) is 47.9. The molecule has 3 aliphatic rings. The SMILES string of the molecule is CCC(C)(C)C(=O)OCCCOC(OC(C)C)C(C)C.CCC(C)(C)C(=O)OCCCOC(OC1CCCCC1)C1CCCCC1.CCC(C)(C)C(=O)OCCOC(=O)C1CCCCC1COC(C)OC(C)C.CCOC(OCCCOC(=O)C(C)(C)CC)C(C)C. The van der Waals surface area contributed by atoms with Crippen molar-refractivity contribution in [3.8, 4) is 0 Å². The highest BCUT2D eigenvalue weighted by molar-refractivity contribution is 5.77. The Bertz CT molecular complexity index is 1900. The third-order valence-electron chi connectivity index (χ3n) is 17.7. The van der Waals surface area contributed by atoms with E-state index in [0.29, 0.717) is 96.0 Å². The van der Waals surface area contributed by atoms with Crippen LogP contribution in [0.25, 0.3) is 0 Å². The van der Waals surface area contributed by atoms with Crippen LogP contribution in [0.3, 0.4) is 0 Å². The van der Waals surface area contributed by atoms with Crippen LogP contribution in [0.2, 0.25) is 0 Å². The molecule has 0 heterocycles. The number of rotatable bonds is 41. The average Bonchev–Trinajstić information content (AvgIpc) is 1.77. The molecule has 0 amide bonds. The molecule has 0 radical (unpaired) electrons. The highest BCUT2D eigenvalue weighted by atomic mass is 16.7. The molecule has 0 bridgehead atoms. The summed E-state index contributed by atoms with van der Waals surface area (Å²) in [7, 11) is 0. The van der Waals surface area contributed by atoms with Crippen LogP contribution < -0.4 is 0 Å². The summed E-state index contributed by atoms with van der Waals surface area (Å²) in [6.45, 7) is 47.3. The minimum absolute atomic E-state index is 0.0683. The van der Waals surface area contributed by atoms with Gasteiger partial charge in [-0.15, -0.1) is 0 Å². The van der Waals surface area contributed by atoms with Crippen LogP contribution in [-0.4, -0.2) is 139 Å². The Morgan fingerprint density at radius 1 is 0.391 bits per heavy atom. The van der Waals surface area contributed by atoms with Gasteiger partial charge >= 0.3 is 29.8 Å². The van der Waals surface area contributed by atoms with Crippen molar-refractivity contribution in [2.75, 3.05) is 66.1 Å². The lowest BCUT2D eigenvalue weighted by atomic mass is 9.80. The Hall–Kier alpha value is -2.97. The molecule has 18 heteroatoms. The van der Waals surface area contributed by atoms with E-state index in [1.54, 1.807) is 0 Å². The lowest BCUT2D eigenvalue weighted by molar-refractivity contribution is -0.208. The van der Waals surface area contributed by atoms with Gasteiger partial charge in [0.1, 0.15) is 13.2 Å². The van der Waals surface area contributed by atoms with Crippen LogP contribution in [0.5, 0.6) is 0 Å². The van der Waals surface area contributed by atoms with E-state index >= 15 is 0 Å². The predicted molar refractivity (Wildman–Crippen MR) is 363 cm³/mol. The van der Waals surface area contributed by atoms with Gasteiger partial charge in [0.15, 0.2) is 25.2 Å². The molecule has 3 fully saturated rings. The minimum atomic E-state index is -0.509.